The summed E-state index contributed by atoms with van der Waals surface area (Å²) in [4.78, 5) is 24.3. The molecule has 6 nitrogen and oxygen atoms in total. The molecule has 0 unspecified atom stereocenters. The van der Waals surface area contributed by atoms with Crippen molar-refractivity contribution in [3.05, 3.63) is 29.6 Å². The van der Waals surface area contributed by atoms with Crippen LogP contribution < -0.4 is 15.8 Å². The standard InChI is InChI=1S/C14H20FN3O3/c1-4-18(9(2)13(19)17-14(16)20)8-10-5-6-12(21-3)11(15)7-10/h5-7,9H,4,8H2,1-3H3,(H3,16,17,19,20)/t9-/m0/s1. The second-order valence-corrected chi connectivity index (χ2v) is 4.56. The molecule has 0 heterocycles. The summed E-state index contributed by atoms with van der Waals surface area (Å²) in [7, 11) is 1.40. The zero-order chi connectivity index (χ0) is 16.0. The van der Waals surface area contributed by atoms with Gasteiger partial charge >= 0.3 is 6.03 Å². The van der Waals surface area contributed by atoms with E-state index in [0.29, 0.717) is 18.7 Å². The first-order valence-corrected chi connectivity index (χ1v) is 6.55. The van der Waals surface area contributed by atoms with E-state index in [0.717, 1.165) is 0 Å². The predicted molar refractivity (Wildman–Crippen MR) is 76.2 cm³/mol. The summed E-state index contributed by atoms with van der Waals surface area (Å²) in [6.45, 7) is 4.45. The molecule has 0 fully saturated rings. The largest absolute Gasteiger partial charge is 0.494 e. The number of carbonyl (C=O) groups excluding carboxylic acids is 2. The Hall–Kier alpha value is -2.15. The molecule has 0 saturated carbocycles. The molecule has 7 heteroatoms. The van der Waals surface area contributed by atoms with Gasteiger partial charge in [-0.15, -0.1) is 0 Å². The van der Waals surface area contributed by atoms with Crippen molar-refractivity contribution in [2.75, 3.05) is 13.7 Å². The zero-order valence-electron chi connectivity index (χ0n) is 12.4. The van der Waals surface area contributed by atoms with E-state index in [1.165, 1.54) is 19.2 Å². The first-order valence-electron chi connectivity index (χ1n) is 6.55. The van der Waals surface area contributed by atoms with E-state index >= 15 is 0 Å². The Morgan fingerprint density at radius 2 is 2.14 bits per heavy atom. The van der Waals surface area contributed by atoms with Gasteiger partial charge in [-0.2, -0.15) is 0 Å². The highest BCUT2D eigenvalue weighted by atomic mass is 19.1. The summed E-state index contributed by atoms with van der Waals surface area (Å²) < 4.78 is 18.5. The van der Waals surface area contributed by atoms with Gasteiger partial charge in [-0.1, -0.05) is 13.0 Å². The number of hydrogen-bond acceptors (Lipinski definition) is 4. The SMILES string of the molecule is CCN(Cc1ccc(OC)c(F)c1)[C@@H](C)C(=O)NC(N)=O. The van der Waals surface area contributed by atoms with E-state index in [-0.39, 0.29) is 5.75 Å². The number of nitrogens with one attached hydrogen (secondary N) is 1. The van der Waals surface area contributed by atoms with E-state index in [4.69, 9.17) is 10.5 Å². The molecule has 0 aliphatic carbocycles. The van der Waals surface area contributed by atoms with Crippen LogP contribution >= 0.6 is 0 Å². The van der Waals surface area contributed by atoms with Gasteiger partial charge in [0.1, 0.15) is 0 Å². The van der Waals surface area contributed by atoms with Crippen LogP contribution in [0.25, 0.3) is 0 Å². The topological polar surface area (TPSA) is 84.7 Å². The fourth-order valence-corrected chi connectivity index (χ4v) is 1.96. The number of ether oxygens (including phenoxy) is 1. The Morgan fingerprint density at radius 3 is 2.62 bits per heavy atom. The maximum Gasteiger partial charge on any atom is 0.318 e. The molecule has 0 aliphatic rings. The van der Waals surface area contributed by atoms with Gasteiger partial charge in [0, 0.05) is 6.54 Å². The summed E-state index contributed by atoms with van der Waals surface area (Å²) in [6, 6.07) is 3.17. The summed E-state index contributed by atoms with van der Waals surface area (Å²) in [5.74, 6) is -0.778. The third-order valence-electron chi connectivity index (χ3n) is 3.18. The molecule has 3 N–H and O–H groups in total. The highest BCUT2D eigenvalue weighted by molar-refractivity contribution is 5.96. The van der Waals surface area contributed by atoms with Crippen LogP contribution in [0.15, 0.2) is 18.2 Å². The molecule has 0 spiro atoms. The number of urea groups is 1. The average Bonchev–Trinajstić information content (AvgIpc) is 2.43. The number of nitrogens with two attached hydrogens (primary N) is 1. The molecule has 0 saturated heterocycles. The Kier molecular flexibility index (Phi) is 6.10. The minimum Gasteiger partial charge on any atom is -0.494 e. The van der Waals surface area contributed by atoms with Gasteiger partial charge in [0.05, 0.1) is 13.2 Å². The lowest BCUT2D eigenvalue weighted by Gasteiger charge is -2.26. The zero-order valence-corrected chi connectivity index (χ0v) is 12.4. The van der Waals surface area contributed by atoms with E-state index in [1.807, 2.05) is 12.2 Å². The van der Waals surface area contributed by atoms with E-state index in [1.54, 1.807) is 17.9 Å². The number of imide groups is 1. The van der Waals surface area contributed by atoms with Crippen LogP contribution in [0.5, 0.6) is 5.75 Å². The average molecular weight is 297 g/mol. The number of hydrogen-bond donors (Lipinski definition) is 2. The van der Waals surface area contributed by atoms with E-state index < -0.39 is 23.8 Å². The van der Waals surface area contributed by atoms with Crippen molar-refractivity contribution in [1.82, 2.24) is 10.2 Å². The van der Waals surface area contributed by atoms with Gasteiger partial charge < -0.3 is 10.5 Å². The summed E-state index contributed by atoms with van der Waals surface area (Å²) in [5.41, 5.74) is 5.63. The van der Waals surface area contributed by atoms with Crippen LogP contribution in [-0.2, 0) is 11.3 Å². The van der Waals surface area contributed by atoms with Gasteiger partial charge in [0.15, 0.2) is 11.6 Å². The van der Waals surface area contributed by atoms with Crippen molar-refractivity contribution in [3.8, 4) is 5.75 Å². The maximum atomic E-state index is 13.7. The Labute approximate surface area is 123 Å². The third-order valence-corrected chi connectivity index (χ3v) is 3.18. The van der Waals surface area contributed by atoms with Crippen LogP contribution in [0.1, 0.15) is 19.4 Å². The van der Waals surface area contributed by atoms with Crippen LogP contribution in [-0.4, -0.2) is 36.5 Å². The summed E-state index contributed by atoms with van der Waals surface area (Å²) in [5, 5.41) is 2.04. The number of halogens is 1. The number of methoxy groups -OCH3 is 1. The minimum atomic E-state index is -0.890. The number of likely N-dealkylation sites (N-methyl/N-ethyl adjacent to an activating group) is 1. The quantitative estimate of drug-likeness (QED) is 0.827. The number of nitrogens with zero attached hydrogens (tertiary/aromatic N) is 1. The van der Waals surface area contributed by atoms with Crippen molar-refractivity contribution in [3.63, 3.8) is 0 Å². The molecule has 1 aromatic carbocycles. The molecule has 0 aromatic heterocycles. The van der Waals surface area contributed by atoms with Crippen molar-refractivity contribution < 1.29 is 18.7 Å². The molecule has 1 rings (SSSR count). The van der Waals surface area contributed by atoms with Gasteiger partial charge in [-0.3, -0.25) is 15.0 Å². The fraction of sp³-hybridized carbons (Fsp3) is 0.429. The number of carbonyl (C=O) groups is 2. The van der Waals surface area contributed by atoms with Crippen LogP contribution in [0.3, 0.4) is 0 Å². The molecule has 21 heavy (non-hydrogen) atoms. The van der Waals surface area contributed by atoms with Crippen molar-refractivity contribution >= 4 is 11.9 Å². The Morgan fingerprint density at radius 1 is 1.48 bits per heavy atom. The normalized spacial score (nSPS) is 12.0. The van der Waals surface area contributed by atoms with Gasteiger partial charge in [-0.05, 0) is 31.2 Å². The van der Waals surface area contributed by atoms with Crippen LogP contribution in [0, 0.1) is 5.82 Å². The molecule has 3 amide bonds. The fourth-order valence-electron chi connectivity index (χ4n) is 1.96. The molecule has 0 bridgehead atoms. The lowest BCUT2D eigenvalue weighted by molar-refractivity contribution is -0.124. The van der Waals surface area contributed by atoms with Gasteiger partial charge in [0.2, 0.25) is 5.91 Å². The van der Waals surface area contributed by atoms with Crippen LogP contribution in [0.4, 0.5) is 9.18 Å². The Bertz CT molecular complexity index is 522. The lowest BCUT2D eigenvalue weighted by Crippen LogP contribution is -2.48. The first-order chi connectivity index (χ1) is 9.88. The van der Waals surface area contributed by atoms with Crippen molar-refractivity contribution in [2.24, 2.45) is 5.73 Å². The van der Waals surface area contributed by atoms with E-state index in [9.17, 15) is 14.0 Å². The molecule has 116 valence electrons. The monoisotopic (exact) mass is 297 g/mol. The lowest BCUT2D eigenvalue weighted by atomic mass is 10.1. The molecule has 1 aromatic rings. The summed E-state index contributed by atoms with van der Waals surface area (Å²) in [6.07, 6.45) is 0. The second-order valence-electron chi connectivity index (χ2n) is 4.56. The minimum absolute atomic E-state index is 0.168. The summed E-state index contributed by atoms with van der Waals surface area (Å²) >= 11 is 0. The molecule has 1 atom stereocenters. The third kappa shape index (κ3) is 4.71. The number of amides is 3. The van der Waals surface area contributed by atoms with E-state index in [2.05, 4.69) is 0 Å². The molecular formula is C14H20FN3O3. The van der Waals surface area contributed by atoms with Gasteiger partial charge in [0.25, 0.3) is 0 Å². The molecule has 0 radical (unpaired) electrons. The first kappa shape index (κ1) is 16.9. The number of rotatable bonds is 6. The number of benzene rings is 1. The second kappa shape index (κ2) is 7.58. The predicted octanol–water partition coefficient (Wildman–Crippen LogP) is 1.24. The maximum absolute atomic E-state index is 13.7. The van der Waals surface area contributed by atoms with Crippen LogP contribution in [0.2, 0.25) is 0 Å². The van der Waals surface area contributed by atoms with Crippen molar-refractivity contribution in [1.29, 1.82) is 0 Å². The number of primary amides is 1. The smallest absolute Gasteiger partial charge is 0.318 e. The highest BCUT2D eigenvalue weighted by Crippen LogP contribution is 2.19. The molecule has 0 aliphatic heterocycles. The van der Waals surface area contributed by atoms with Crippen molar-refractivity contribution in [2.45, 2.75) is 26.4 Å². The Balaban J connectivity index is 2.79. The van der Waals surface area contributed by atoms with Gasteiger partial charge in [-0.25, -0.2) is 9.18 Å². The highest BCUT2D eigenvalue weighted by Gasteiger charge is 2.21. The molecular weight excluding hydrogens is 277 g/mol.